The van der Waals surface area contributed by atoms with Gasteiger partial charge < -0.3 is 5.32 Å². The molecular formula is C14H16F3NO3S. The molecule has 1 aromatic rings. The Labute approximate surface area is 126 Å². The Morgan fingerprint density at radius 1 is 1.36 bits per heavy atom. The van der Waals surface area contributed by atoms with Crippen LogP contribution in [0.2, 0.25) is 0 Å². The van der Waals surface area contributed by atoms with E-state index in [4.69, 9.17) is 0 Å². The normalized spacial score (nSPS) is 20.7. The minimum absolute atomic E-state index is 0.118. The number of halogens is 3. The summed E-state index contributed by atoms with van der Waals surface area (Å²) in [5, 5.41) is 2.62. The summed E-state index contributed by atoms with van der Waals surface area (Å²) in [6.07, 6.45) is -4.34. The third-order valence-electron chi connectivity index (χ3n) is 3.82. The van der Waals surface area contributed by atoms with Crippen molar-refractivity contribution in [3.8, 4) is 0 Å². The van der Waals surface area contributed by atoms with Gasteiger partial charge in [-0.15, -0.1) is 0 Å². The van der Waals surface area contributed by atoms with Gasteiger partial charge >= 0.3 is 6.18 Å². The number of hydrogen-bond acceptors (Lipinski definition) is 3. The molecule has 1 heterocycles. The van der Waals surface area contributed by atoms with E-state index < -0.39 is 21.6 Å². The highest BCUT2D eigenvalue weighted by Gasteiger charge is 2.33. The average Bonchev–Trinajstić information content (AvgIpc) is 2.84. The monoisotopic (exact) mass is 335 g/mol. The lowest BCUT2D eigenvalue weighted by molar-refractivity contribution is -0.137. The first-order chi connectivity index (χ1) is 10.1. The second-order valence-electron chi connectivity index (χ2n) is 5.55. The molecule has 2 rings (SSSR count). The van der Waals surface area contributed by atoms with E-state index in [1.165, 1.54) is 0 Å². The van der Waals surface area contributed by atoms with E-state index in [-0.39, 0.29) is 34.8 Å². The number of sulfone groups is 1. The number of nitrogens with one attached hydrogen (secondary N) is 1. The Morgan fingerprint density at radius 2 is 2.05 bits per heavy atom. The summed E-state index contributed by atoms with van der Waals surface area (Å²) in [4.78, 5) is 10.8. The third-order valence-corrected chi connectivity index (χ3v) is 5.75. The molecule has 0 aliphatic carbocycles. The summed E-state index contributed by atoms with van der Waals surface area (Å²) in [5.41, 5.74) is -0.987. The van der Waals surface area contributed by atoms with Gasteiger partial charge in [-0.25, -0.2) is 8.42 Å². The maximum atomic E-state index is 12.7. The van der Waals surface area contributed by atoms with Gasteiger partial charge in [0.25, 0.3) is 0 Å². The van der Waals surface area contributed by atoms with Crippen molar-refractivity contribution < 1.29 is 26.4 Å². The van der Waals surface area contributed by atoms with E-state index in [2.05, 4.69) is 5.32 Å². The van der Waals surface area contributed by atoms with Gasteiger partial charge in [0.1, 0.15) is 0 Å². The Bertz CT molecular complexity index is 670. The number of carbonyl (C=O) groups excluding carboxylic acids is 1. The van der Waals surface area contributed by atoms with Gasteiger partial charge in [0, 0.05) is 13.0 Å². The van der Waals surface area contributed by atoms with Crippen molar-refractivity contribution in [3.63, 3.8) is 0 Å². The van der Waals surface area contributed by atoms with Crippen LogP contribution in [0.25, 0.3) is 0 Å². The summed E-state index contributed by atoms with van der Waals surface area (Å²) in [6, 6.07) is 3.73. The van der Waals surface area contributed by atoms with Crippen LogP contribution >= 0.6 is 0 Å². The SMILES string of the molecule is CC(CS(=O)(=O)c1cccc(C(F)(F)F)c1)C1CNC(=O)C1. The zero-order valence-corrected chi connectivity index (χ0v) is 12.7. The zero-order valence-electron chi connectivity index (χ0n) is 11.9. The fourth-order valence-corrected chi connectivity index (χ4v) is 4.22. The zero-order chi connectivity index (χ0) is 16.5. The predicted octanol–water partition coefficient (Wildman–Crippen LogP) is 2.25. The molecule has 122 valence electrons. The first-order valence-corrected chi connectivity index (χ1v) is 8.41. The molecule has 1 aliphatic rings. The lowest BCUT2D eigenvalue weighted by Gasteiger charge is -2.17. The van der Waals surface area contributed by atoms with Crippen molar-refractivity contribution in [1.82, 2.24) is 5.32 Å². The number of benzene rings is 1. The van der Waals surface area contributed by atoms with Crippen LogP contribution in [0, 0.1) is 11.8 Å². The number of alkyl halides is 3. The summed E-state index contributed by atoms with van der Waals surface area (Å²) < 4.78 is 62.6. The molecule has 8 heteroatoms. The van der Waals surface area contributed by atoms with E-state index in [9.17, 15) is 26.4 Å². The predicted molar refractivity (Wildman–Crippen MR) is 73.8 cm³/mol. The molecule has 0 radical (unpaired) electrons. The summed E-state index contributed by atoms with van der Waals surface area (Å²) in [6.45, 7) is 2.09. The molecule has 0 saturated carbocycles. The van der Waals surface area contributed by atoms with E-state index >= 15 is 0 Å². The summed E-state index contributed by atoms with van der Waals surface area (Å²) in [7, 11) is -3.84. The fourth-order valence-electron chi connectivity index (χ4n) is 2.47. The second-order valence-corrected chi connectivity index (χ2v) is 7.59. The molecule has 2 unspecified atom stereocenters. The van der Waals surface area contributed by atoms with Crippen LogP contribution in [-0.4, -0.2) is 26.6 Å². The number of carbonyl (C=O) groups is 1. The largest absolute Gasteiger partial charge is 0.416 e. The van der Waals surface area contributed by atoms with Crippen LogP contribution in [-0.2, 0) is 20.8 Å². The van der Waals surface area contributed by atoms with Crippen LogP contribution < -0.4 is 5.32 Å². The van der Waals surface area contributed by atoms with E-state index in [0.29, 0.717) is 12.6 Å². The third kappa shape index (κ3) is 3.79. The Hall–Kier alpha value is -1.57. The lowest BCUT2D eigenvalue weighted by Crippen LogP contribution is -2.23. The van der Waals surface area contributed by atoms with Crippen molar-refractivity contribution >= 4 is 15.7 Å². The van der Waals surface area contributed by atoms with Crippen LogP contribution in [0.1, 0.15) is 18.9 Å². The van der Waals surface area contributed by atoms with E-state index in [1.807, 2.05) is 0 Å². The maximum Gasteiger partial charge on any atom is 0.416 e. The summed E-state index contributed by atoms with van der Waals surface area (Å²) in [5.74, 6) is -0.853. The molecular weight excluding hydrogens is 319 g/mol. The molecule has 1 aromatic carbocycles. The molecule has 2 atom stereocenters. The lowest BCUT2D eigenvalue weighted by atomic mass is 9.95. The molecule has 1 N–H and O–H groups in total. The highest BCUT2D eigenvalue weighted by molar-refractivity contribution is 7.91. The van der Waals surface area contributed by atoms with Gasteiger partial charge in [-0.2, -0.15) is 13.2 Å². The van der Waals surface area contributed by atoms with Gasteiger partial charge in [-0.3, -0.25) is 4.79 Å². The van der Waals surface area contributed by atoms with Crippen molar-refractivity contribution in [2.45, 2.75) is 24.4 Å². The smallest absolute Gasteiger partial charge is 0.356 e. The van der Waals surface area contributed by atoms with Crippen molar-refractivity contribution in [2.24, 2.45) is 11.8 Å². The molecule has 1 aliphatic heterocycles. The molecule has 0 spiro atoms. The van der Waals surface area contributed by atoms with Crippen molar-refractivity contribution in [2.75, 3.05) is 12.3 Å². The number of amides is 1. The van der Waals surface area contributed by atoms with Gasteiger partial charge in [0.2, 0.25) is 5.91 Å². The molecule has 0 bridgehead atoms. The molecule has 0 aromatic heterocycles. The van der Waals surface area contributed by atoms with Crippen LogP contribution in [0.3, 0.4) is 0 Å². The van der Waals surface area contributed by atoms with Gasteiger partial charge in [-0.05, 0) is 30.0 Å². The van der Waals surface area contributed by atoms with E-state index in [1.54, 1.807) is 6.92 Å². The average molecular weight is 335 g/mol. The van der Waals surface area contributed by atoms with Crippen molar-refractivity contribution in [1.29, 1.82) is 0 Å². The molecule has 1 fully saturated rings. The molecule has 22 heavy (non-hydrogen) atoms. The second kappa shape index (κ2) is 5.91. The van der Waals surface area contributed by atoms with Gasteiger partial charge in [-0.1, -0.05) is 13.0 Å². The van der Waals surface area contributed by atoms with Crippen LogP contribution in [0.5, 0.6) is 0 Å². The highest BCUT2D eigenvalue weighted by atomic mass is 32.2. The summed E-state index contributed by atoms with van der Waals surface area (Å²) >= 11 is 0. The Morgan fingerprint density at radius 3 is 2.59 bits per heavy atom. The number of rotatable bonds is 4. The standard InChI is InChI=1S/C14H16F3NO3S/c1-9(10-5-13(19)18-7-10)8-22(20,21)12-4-2-3-11(6-12)14(15,16)17/h2-4,6,9-10H,5,7-8H2,1H3,(H,18,19). The molecule has 1 amide bonds. The first-order valence-electron chi connectivity index (χ1n) is 6.76. The number of hydrogen-bond donors (Lipinski definition) is 1. The maximum absolute atomic E-state index is 12.7. The topological polar surface area (TPSA) is 63.2 Å². The van der Waals surface area contributed by atoms with Crippen molar-refractivity contribution in [3.05, 3.63) is 29.8 Å². The van der Waals surface area contributed by atoms with Gasteiger partial charge in [0.15, 0.2) is 9.84 Å². The van der Waals surface area contributed by atoms with Crippen LogP contribution in [0.15, 0.2) is 29.2 Å². The first kappa shape index (κ1) is 16.8. The minimum Gasteiger partial charge on any atom is -0.356 e. The fraction of sp³-hybridized carbons (Fsp3) is 0.500. The van der Waals surface area contributed by atoms with Gasteiger partial charge in [0.05, 0.1) is 16.2 Å². The quantitative estimate of drug-likeness (QED) is 0.918. The molecule has 4 nitrogen and oxygen atoms in total. The Balaban J connectivity index is 2.18. The highest BCUT2D eigenvalue weighted by Crippen LogP contribution is 2.31. The molecule has 1 saturated heterocycles. The van der Waals surface area contributed by atoms with E-state index in [0.717, 1.165) is 18.2 Å². The minimum atomic E-state index is -4.58. The van der Waals surface area contributed by atoms with Crippen LogP contribution in [0.4, 0.5) is 13.2 Å². The Kier molecular flexibility index (Phi) is 4.51.